The molecule has 3 aromatic rings. The second kappa shape index (κ2) is 6.53. The van der Waals surface area contributed by atoms with E-state index in [9.17, 15) is 9.59 Å². The highest BCUT2D eigenvalue weighted by atomic mass is 32.1. The van der Waals surface area contributed by atoms with Crippen LogP contribution in [0.15, 0.2) is 42.5 Å². The summed E-state index contributed by atoms with van der Waals surface area (Å²) >= 11 is 1.11. The highest BCUT2D eigenvalue weighted by Crippen LogP contribution is 2.21. The Balaban J connectivity index is 1.69. The van der Waals surface area contributed by atoms with Gasteiger partial charge in [0.2, 0.25) is 5.91 Å². The van der Waals surface area contributed by atoms with Crippen LogP contribution in [0.25, 0.3) is 11.0 Å². The molecular formula is C16H14N4O2S. The van der Waals surface area contributed by atoms with E-state index >= 15 is 0 Å². The van der Waals surface area contributed by atoms with Crippen LogP contribution >= 0.6 is 11.7 Å². The third kappa shape index (κ3) is 3.35. The third-order valence-corrected chi connectivity index (χ3v) is 3.85. The summed E-state index contributed by atoms with van der Waals surface area (Å²) in [6.07, 6.45) is 0. The van der Waals surface area contributed by atoms with Crippen molar-refractivity contribution in [3.05, 3.63) is 48.0 Å². The van der Waals surface area contributed by atoms with Crippen LogP contribution in [-0.4, -0.2) is 27.0 Å². The monoisotopic (exact) mass is 326 g/mol. The second-order valence-corrected chi connectivity index (χ2v) is 5.47. The number of anilines is 2. The normalized spacial score (nSPS) is 10.5. The van der Waals surface area contributed by atoms with Crippen LogP contribution in [0.4, 0.5) is 11.4 Å². The zero-order valence-corrected chi connectivity index (χ0v) is 13.2. The fourth-order valence-electron chi connectivity index (χ4n) is 2.22. The average Bonchev–Trinajstić information content (AvgIpc) is 3.03. The lowest BCUT2D eigenvalue weighted by molar-refractivity contribution is -0.114. The number of benzene rings is 2. The van der Waals surface area contributed by atoms with E-state index in [2.05, 4.69) is 19.4 Å². The van der Waals surface area contributed by atoms with Crippen LogP contribution in [0.1, 0.15) is 17.3 Å². The molecule has 2 N–H and O–H groups in total. The minimum Gasteiger partial charge on any atom is -0.376 e. The van der Waals surface area contributed by atoms with E-state index in [0.29, 0.717) is 22.5 Å². The Hall–Kier alpha value is -2.80. The number of fused-ring (bicyclic) bond motifs is 1. The SMILES string of the molecule is CC(=O)c1ccccc1NCC(=O)Nc1cccc2nsnc12. The molecule has 0 aliphatic heterocycles. The predicted molar refractivity (Wildman–Crippen MR) is 91.0 cm³/mol. The summed E-state index contributed by atoms with van der Waals surface area (Å²) < 4.78 is 8.32. The van der Waals surface area contributed by atoms with Crippen molar-refractivity contribution < 1.29 is 9.59 Å². The van der Waals surface area contributed by atoms with E-state index in [0.717, 1.165) is 17.2 Å². The van der Waals surface area contributed by atoms with Gasteiger partial charge in [0.05, 0.1) is 24.0 Å². The molecule has 0 unspecified atom stereocenters. The molecule has 1 aromatic heterocycles. The van der Waals surface area contributed by atoms with Gasteiger partial charge in [0.25, 0.3) is 0 Å². The predicted octanol–water partition coefficient (Wildman–Crippen LogP) is 2.94. The van der Waals surface area contributed by atoms with Crippen molar-refractivity contribution in [1.82, 2.24) is 8.75 Å². The zero-order chi connectivity index (χ0) is 16.2. The van der Waals surface area contributed by atoms with Gasteiger partial charge < -0.3 is 10.6 Å². The summed E-state index contributed by atoms with van der Waals surface area (Å²) in [6, 6.07) is 12.5. The van der Waals surface area contributed by atoms with E-state index in [1.165, 1.54) is 6.92 Å². The van der Waals surface area contributed by atoms with Crippen molar-refractivity contribution >= 4 is 45.8 Å². The van der Waals surface area contributed by atoms with Gasteiger partial charge in [0.15, 0.2) is 5.78 Å². The van der Waals surface area contributed by atoms with E-state index < -0.39 is 0 Å². The summed E-state index contributed by atoms with van der Waals surface area (Å²) in [4.78, 5) is 23.7. The maximum absolute atomic E-state index is 12.1. The summed E-state index contributed by atoms with van der Waals surface area (Å²) in [7, 11) is 0. The molecule has 3 rings (SSSR count). The summed E-state index contributed by atoms with van der Waals surface area (Å²) in [5, 5.41) is 5.80. The quantitative estimate of drug-likeness (QED) is 0.704. The Morgan fingerprint density at radius 2 is 1.83 bits per heavy atom. The van der Waals surface area contributed by atoms with Gasteiger partial charge in [-0.05, 0) is 31.2 Å². The number of carbonyl (C=O) groups is 2. The largest absolute Gasteiger partial charge is 0.376 e. The van der Waals surface area contributed by atoms with Crippen LogP contribution < -0.4 is 10.6 Å². The molecule has 0 aliphatic rings. The van der Waals surface area contributed by atoms with E-state index in [1.807, 2.05) is 18.2 Å². The number of rotatable bonds is 5. The number of carbonyl (C=O) groups excluding carboxylic acids is 2. The number of ketones is 1. The fourth-order valence-corrected chi connectivity index (χ4v) is 2.77. The Bertz CT molecular complexity index is 875. The van der Waals surface area contributed by atoms with E-state index in [1.54, 1.807) is 24.3 Å². The number of nitrogens with one attached hydrogen (secondary N) is 2. The first-order valence-electron chi connectivity index (χ1n) is 7.00. The fraction of sp³-hybridized carbons (Fsp3) is 0.125. The van der Waals surface area contributed by atoms with Crippen LogP contribution in [0.3, 0.4) is 0 Å². The highest BCUT2D eigenvalue weighted by Gasteiger charge is 2.10. The molecule has 0 fully saturated rings. The number of hydrogen-bond acceptors (Lipinski definition) is 6. The van der Waals surface area contributed by atoms with Crippen LogP contribution in [0.2, 0.25) is 0 Å². The van der Waals surface area contributed by atoms with Crippen molar-refractivity contribution in [2.45, 2.75) is 6.92 Å². The van der Waals surface area contributed by atoms with Crippen molar-refractivity contribution in [3.8, 4) is 0 Å². The summed E-state index contributed by atoms with van der Waals surface area (Å²) in [5.41, 5.74) is 3.26. The lowest BCUT2D eigenvalue weighted by Gasteiger charge is -2.10. The molecule has 6 nitrogen and oxygen atoms in total. The molecule has 7 heteroatoms. The molecule has 0 radical (unpaired) electrons. The van der Waals surface area contributed by atoms with Crippen LogP contribution in [0, 0.1) is 0 Å². The van der Waals surface area contributed by atoms with E-state index in [4.69, 9.17) is 0 Å². The lowest BCUT2D eigenvalue weighted by Crippen LogP contribution is -2.22. The Kier molecular flexibility index (Phi) is 4.29. The van der Waals surface area contributed by atoms with Crippen LogP contribution in [-0.2, 0) is 4.79 Å². The van der Waals surface area contributed by atoms with Gasteiger partial charge in [0, 0.05) is 11.3 Å². The zero-order valence-electron chi connectivity index (χ0n) is 12.4. The van der Waals surface area contributed by atoms with Gasteiger partial charge in [-0.2, -0.15) is 8.75 Å². The third-order valence-electron chi connectivity index (χ3n) is 3.31. The number of amides is 1. The highest BCUT2D eigenvalue weighted by molar-refractivity contribution is 7.00. The van der Waals surface area contributed by atoms with Gasteiger partial charge >= 0.3 is 0 Å². The molecule has 116 valence electrons. The van der Waals surface area contributed by atoms with Crippen molar-refractivity contribution in [2.24, 2.45) is 0 Å². The number of hydrogen-bond donors (Lipinski definition) is 2. The molecule has 23 heavy (non-hydrogen) atoms. The second-order valence-electron chi connectivity index (χ2n) is 4.94. The first-order valence-corrected chi connectivity index (χ1v) is 7.73. The van der Waals surface area contributed by atoms with Gasteiger partial charge in [-0.15, -0.1) is 0 Å². The standard InChI is InChI=1S/C16H14N4O2S/c1-10(21)11-5-2-3-6-12(11)17-9-15(22)18-13-7-4-8-14-16(13)20-23-19-14/h2-8,17H,9H2,1H3,(H,18,22). The first kappa shape index (κ1) is 15.1. The Morgan fingerprint density at radius 3 is 2.65 bits per heavy atom. The Labute approximate surface area is 136 Å². The summed E-state index contributed by atoms with van der Waals surface area (Å²) in [5.74, 6) is -0.268. The van der Waals surface area contributed by atoms with Crippen LogP contribution in [0.5, 0.6) is 0 Å². The van der Waals surface area contributed by atoms with Gasteiger partial charge in [-0.1, -0.05) is 18.2 Å². The van der Waals surface area contributed by atoms with Crippen molar-refractivity contribution in [3.63, 3.8) is 0 Å². The van der Waals surface area contributed by atoms with Gasteiger partial charge in [0.1, 0.15) is 11.0 Å². The summed E-state index contributed by atoms with van der Waals surface area (Å²) in [6.45, 7) is 1.55. The average molecular weight is 326 g/mol. The molecule has 0 spiro atoms. The molecule has 0 saturated heterocycles. The molecule has 1 amide bonds. The van der Waals surface area contributed by atoms with Gasteiger partial charge in [-0.25, -0.2) is 0 Å². The number of nitrogens with zero attached hydrogens (tertiary/aromatic N) is 2. The molecule has 0 saturated carbocycles. The Morgan fingerprint density at radius 1 is 1.04 bits per heavy atom. The number of Topliss-reactive ketones (excluding diaryl/α,β-unsaturated/α-hetero) is 1. The van der Waals surface area contributed by atoms with Gasteiger partial charge in [-0.3, -0.25) is 9.59 Å². The topological polar surface area (TPSA) is 84.0 Å². The molecule has 0 atom stereocenters. The molecular weight excluding hydrogens is 312 g/mol. The van der Waals surface area contributed by atoms with Crippen molar-refractivity contribution in [2.75, 3.05) is 17.2 Å². The molecule has 1 heterocycles. The molecule has 2 aromatic carbocycles. The lowest BCUT2D eigenvalue weighted by atomic mass is 10.1. The maximum Gasteiger partial charge on any atom is 0.243 e. The minimum absolute atomic E-state index is 0.0492. The molecule has 0 aliphatic carbocycles. The maximum atomic E-state index is 12.1. The van der Waals surface area contributed by atoms with E-state index in [-0.39, 0.29) is 18.2 Å². The number of aromatic nitrogens is 2. The minimum atomic E-state index is -0.219. The smallest absolute Gasteiger partial charge is 0.243 e. The molecule has 0 bridgehead atoms. The first-order chi connectivity index (χ1) is 11.1. The van der Waals surface area contributed by atoms with Crippen molar-refractivity contribution in [1.29, 1.82) is 0 Å². The number of para-hydroxylation sites is 1.